The van der Waals surface area contributed by atoms with Crippen LogP contribution in [0.5, 0.6) is 0 Å². The number of amides is 1. The summed E-state index contributed by atoms with van der Waals surface area (Å²) in [5.41, 5.74) is 0.654. The zero-order chi connectivity index (χ0) is 15.6. The van der Waals surface area contributed by atoms with Gasteiger partial charge in [-0.25, -0.2) is 18.1 Å². The van der Waals surface area contributed by atoms with Crippen LogP contribution in [-0.2, 0) is 10.0 Å². The average Bonchev–Trinajstić information content (AvgIpc) is 2.80. The van der Waals surface area contributed by atoms with Crippen molar-refractivity contribution in [2.45, 2.75) is 0 Å². The minimum Gasteiger partial charge on any atom is -0.331 e. The molecule has 0 bridgehead atoms. The number of rotatable bonds is 4. The summed E-state index contributed by atoms with van der Waals surface area (Å²) in [5.74, 6) is -0.782. The minimum atomic E-state index is -3.62. The lowest BCUT2D eigenvalue weighted by atomic mass is 10.3. The fraction of sp³-hybridized carbons (Fsp3) is 0.0909. The fourth-order valence-electron chi connectivity index (χ4n) is 1.35. The molecule has 2 N–H and O–H groups in total. The number of anilines is 2. The first-order chi connectivity index (χ1) is 9.74. The summed E-state index contributed by atoms with van der Waals surface area (Å²) in [7, 11) is -3.62. The van der Waals surface area contributed by atoms with Crippen molar-refractivity contribution in [2.24, 2.45) is 0 Å². The molecule has 0 atom stereocenters. The Labute approximate surface area is 135 Å². The van der Waals surface area contributed by atoms with Gasteiger partial charge in [0.25, 0.3) is 5.91 Å². The van der Waals surface area contributed by atoms with E-state index in [0.29, 0.717) is 20.9 Å². The van der Waals surface area contributed by atoms with Crippen LogP contribution in [0.2, 0.25) is 10.0 Å². The second-order valence-electron chi connectivity index (χ2n) is 4.00. The molecular weight excluding hydrogens is 357 g/mol. The van der Waals surface area contributed by atoms with E-state index < -0.39 is 15.9 Å². The van der Waals surface area contributed by atoms with E-state index in [-0.39, 0.29) is 5.69 Å². The number of hydrogen-bond donors (Lipinski definition) is 2. The standard InChI is InChI=1S/C11H9Cl2N3O3S2/c1-21(18,19)16-10(17)9-5-20-11(15-9)14-6-2-3-7(12)8(13)4-6/h2-5H,1H3,(H,14,15)(H,16,17). The maximum Gasteiger partial charge on any atom is 0.284 e. The molecule has 0 spiro atoms. The molecular formula is C11H9Cl2N3O3S2. The zero-order valence-corrected chi connectivity index (χ0v) is 13.7. The van der Waals surface area contributed by atoms with Gasteiger partial charge in [0.15, 0.2) is 5.13 Å². The van der Waals surface area contributed by atoms with Crippen molar-refractivity contribution in [2.75, 3.05) is 11.6 Å². The number of sulfonamides is 1. The highest BCUT2D eigenvalue weighted by Crippen LogP contribution is 2.28. The number of thiazole rings is 1. The fourth-order valence-corrected chi connectivity index (χ4v) is 2.80. The van der Waals surface area contributed by atoms with E-state index >= 15 is 0 Å². The van der Waals surface area contributed by atoms with Gasteiger partial charge in [-0.05, 0) is 18.2 Å². The van der Waals surface area contributed by atoms with Crippen LogP contribution in [0.4, 0.5) is 10.8 Å². The number of halogens is 2. The smallest absolute Gasteiger partial charge is 0.284 e. The van der Waals surface area contributed by atoms with Crippen LogP contribution >= 0.6 is 34.5 Å². The molecule has 2 rings (SSSR count). The SMILES string of the molecule is CS(=O)(=O)NC(=O)c1csc(Nc2ccc(Cl)c(Cl)c2)n1. The summed E-state index contributed by atoms with van der Waals surface area (Å²) in [4.78, 5) is 15.6. The van der Waals surface area contributed by atoms with Crippen molar-refractivity contribution >= 4 is 61.3 Å². The van der Waals surface area contributed by atoms with Gasteiger partial charge in [0.2, 0.25) is 10.0 Å². The van der Waals surface area contributed by atoms with Gasteiger partial charge in [-0.1, -0.05) is 23.2 Å². The highest BCUT2D eigenvalue weighted by molar-refractivity contribution is 7.89. The number of carbonyl (C=O) groups excluding carboxylic acids is 1. The van der Waals surface area contributed by atoms with Crippen LogP contribution in [0.15, 0.2) is 23.6 Å². The molecule has 10 heteroatoms. The lowest BCUT2D eigenvalue weighted by molar-refractivity contribution is 0.0977. The molecule has 0 aliphatic rings. The van der Waals surface area contributed by atoms with Gasteiger partial charge in [0.1, 0.15) is 5.69 Å². The van der Waals surface area contributed by atoms with E-state index in [4.69, 9.17) is 23.2 Å². The molecule has 1 aromatic heterocycles. The summed E-state index contributed by atoms with van der Waals surface area (Å²) in [5, 5.41) is 5.62. The Morgan fingerprint density at radius 3 is 2.62 bits per heavy atom. The molecule has 0 aliphatic heterocycles. The van der Waals surface area contributed by atoms with Crippen molar-refractivity contribution in [1.82, 2.24) is 9.71 Å². The van der Waals surface area contributed by atoms with E-state index in [2.05, 4.69) is 10.3 Å². The Hall–Kier alpha value is -1.35. The van der Waals surface area contributed by atoms with E-state index in [1.807, 2.05) is 4.72 Å². The van der Waals surface area contributed by atoms with Crippen molar-refractivity contribution in [3.63, 3.8) is 0 Å². The van der Waals surface area contributed by atoms with Crippen molar-refractivity contribution < 1.29 is 13.2 Å². The predicted octanol–water partition coefficient (Wildman–Crippen LogP) is 2.88. The van der Waals surface area contributed by atoms with E-state index in [1.54, 1.807) is 18.2 Å². The van der Waals surface area contributed by atoms with Crippen molar-refractivity contribution in [3.05, 3.63) is 39.3 Å². The molecule has 6 nitrogen and oxygen atoms in total. The third-order valence-electron chi connectivity index (χ3n) is 2.19. The molecule has 0 saturated heterocycles. The van der Waals surface area contributed by atoms with Gasteiger partial charge in [0.05, 0.1) is 16.3 Å². The number of hydrogen-bond acceptors (Lipinski definition) is 6. The number of carbonyl (C=O) groups is 1. The summed E-state index contributed by atoms with van der Waals surface area (Å²) >= 11 is 12.9. The Morgan fingerprint density at radius 1 is 1.29 bits per heavy atom. The summed E-state index contributed by atoms with van der Waals surface area (Å²) in [6, 6.07) is 4.94. The van der Waals surface area contributed by atoms with Crippen molar-refractivity contribution in [1.29, 1.82) is 0 Å². The summed E-state index contributed by atoms with van der Waals surface area (Å²) in [6.07, 6.45) is 0.895. The number of aromatic nitrogens is 1. The Balaban J connectivity index is 2.13. The second kappa shape index (κ2) is 6.18. The van der Waals surface area contributed by atoms with E-state index in [0.717, 1.165) is 17.6 Å². The van der Waals surface area contributed by atoms with Gasteiger partial charge in [-0.3, -0.25) is 4.79 Å². The van der Waals surface area contributed by atoms with Crippen LogP contribution < -0.4 is 10.0 Å². The number of benzene rings is 1. The molecule has 112 valence electrons. The monoisotopic (exact) mass is 365 g/mol. The molecule has 0 aliphatic carbocycles. The van der Waals surface area contributed by atoms with Gasteiger partial charge >= 0.3 is 0 Å². The van der Waals surface area contributed by atoms with Crippen LogP contribution in [0.3, 0.4) is 0 Å². The zero-order valence-electron chi connectivity index (χ0n) is 10.6. The molecule has 0 unspecified atom stereocenters. The molecule has 1 amide bonds. The first-order valence-electron chi connectivity index (χ1n) is 5.44. The molecule has 1 aromatic carbocycles. The highest BCUT2D eigenvalue weighted by Gasteiger charge is 2.14. The average molecular weight is 366 g/mol. The highest BCUT2D eigenvalue weighted by atomic mass is 35.5. The van der Waals surface area contributed by atoms with E-state index in [9.17, 15) is 13.2 Å². The minimum absolute atomic E-state index is 0.00739. The Kier molecular flexibility index (Phi) is 4.72. The van der Waals surface area contributed by atoms with Gasteiger partial charge in [-0.15, -0.1) is 11.3 Å². The molecule has 0 fully saturated rings. The van der Waals surface area contributed by atoms with Crippen LogP contribution in [0.25, 0.3) is 0 Å². The number of nitrogens with zero attached hydrogens (tertiary/aromatic N) is 1. The summed E-state index contributed by atoms with van der Waals surface area (Å²) in [6.45, 7) is 0. The normalized spacial score (nSPS) is 11.2. The lowest BCUT2D eigenvalue weighted by Crippen LogP contribution is -2.29. The molecule has 0 radical (unpaired) electrons. The lowest BCUT2D eigenvalue weighted by Gasteiger charge is -2.03. The van der Waals surface area contributed by atoms with Crippen LogP contribution in [0, 0.1) is 0 Å². The largest absolute Gasteiger partial charge is 0.331 e. The van der Waals surface area contributed by atoms with Gasteiger partial charge in [0, 0.05) is 11.1 Å². The molecule has 21 heavy (non-hydrogen) atoms. The maximum atomic E-state index is 11.6. The third kappa shape index (κ3) is 4.57. The number of nitrogens with one attached hydrogen (secondary N) is 2. The topological polar surface area (TPSA) is 88.2 Å². The third-order valence-corrected chi connectivity index (χ3v) is 4.24. The van der Waals surface area contributed by atoms with Crippen molar-refractivity contribution in [3.8, 4) is 0 Å². The first kappa shape index (κ1) is 16.0. The van der Waals surface area contributed by atoms with Gasteiger partial charge in [-0.2, -0.15) is 0 Å². The second-order valence-corrected chi connectivity index (χ2v) is 7.42. The van der Waals surface area contributed by atoms with Crippen LogP contribution in [0.1, 0.15) is 10.5 Å². The van der Waals surface area contributed by atoms with E-state index in [1.165, 1.54) is 5.38 Å². The Morgan fingerprint density at radius 2 is 2.00 bits per heavy atom. The van der Waals surface area contributed by atoms with Gasteiger partial charge < -0.3 is 5.32 Å². The van der Waals surface area contributed by atoms with Crippen LogP contribution in [-0.4, -0.2) is 25.6 Å². The maximum absolute atomic E-state index is 11.6. The summed E-state index contributed by atoms with van der Waals surface area (Å²) < 4.78 is 23.8. The predicted molar refractivity (Wildman–Crippen MR) is 84.2 cm³/mol. The molecule has 2 aromatic rings. The Bertz CT molecular complexity index is 790. The molecule has 1 heterocycles. The first-order valence-corrected chi connectivity index (χ1v) is 8.97. The molecule has 0 saturated carbocycles. The quantitative estimate of drug-likeness (QED) is 0.869.